The number of rotatable bonds is 6. The zero-order valence-electron chi connectivity index (χ0n) is 21.2. The number of carbonyl (C=O) groups excluding carboxylic acids is 1. The number of hydrazone groups is 1. The molecule has 0 aromatic heterocycles. The number of carbonyl (C=O) groups is 1. The van der Waals surface area contributed by atoms with Crippen LogP contribution < -0.4 is 5.32 Å². The minimum atomic E-state index is -0.206. The average molecular weight is 504 g/mol. The van der Waals surface area contributed by atoms with Crippen LogP contribution >= 0.6 is 11.6 Å². The highest BCUT2D eigenvalue weighted by Crippen LogP contribution is 2.46. The summed E-state index contributed by atoms with van der Waals surface area (Å²) in [4.78, 5) is 13.9. The van der Waals surface area contributed by atoms with Crippen LogP contribution in [0, 0.1) is 11.8 Å². The highest BCUT2D eigenvalue weighted by atomic mass is 35.5. The first-order chi connectivity index (χ1) is 17.6. The van der Waals surface area contributed by atoms with Gasteiger partial charge in [0, 0.05) is 17.0 Å². The lowest BCUT2D eigenvalue weighted by Gasteiger charge is -2.39. The number of nitrogens with one attached hydrogen (secondary N) is 1. The second kappa shape index (κ2) is 10.2. The van der Waals surface area contributed by atoms with Crippen LogP contribution in [0.2, 0.25) is 5.02 Å². The zero-order chi connectivity index (χ0) is 24.5. The van der Waals surface area contributed by atoms with E-state index in [4.69, 9.17) is 16.7 Å². The fraction of sp³-hybridized carbons (Fsp3) is 0.548. The molecule has 3 fully saturated rings. The topological polar surface area (TPSA) is 44.7 Å². The third-order valence-corrected chi connectivity index (χ3v) is 9.39. The van der Waals surface area contributed by atoms with E-state index >= 15 is 0 Å². The highest BCUT2D eigenvalue weighted by molar-refractivity contribution is 6.40. The summed E-state index contributed by atoms with van der Waals surface area (Å²) < 4.78 is 0. The predicted molar refractivity (Wildman–Crippen MR) is 146 cm³/mol. The summed E-state index contributed by atoms with van der Waals surface area (Å²) in [5, 5.41) is 11.9. The van der Waals surface area contributed by atoms with Gasteiger partial charge in [0.2, 0.25) is 0 Å². The number of halogens is 1. The van der Waals surface area contributed by atoms with Gasteiger partial charge in [-0.1, -0.05) is 86.2 Å². The Morgan fingerprint density at radius 2 is 1.61 bits per heavy atom. The highest BCUT2D eigenvalue weighted by Gasteiger charge is 2.51. The fourth-order valence-corrected chi connectivity index (χ4v) is 7.21. The molecule has 1 aliphatic heterocycles. The van der Waals surface area contributed by atoms with Crippen molar-refractivity contribution < 1.29 is 4.79 Å². The molecule has 3 unspecified atom stereocenters. The molecule has 4 aliphatic rings. The van der Waals surface area contributed by atoms with Crippen LogP contribution in [0.3, 0.4) is 0 Å². The molecule has 3 aliphatic carbocycles. The Morgan fingerprint density at radius 1 is 0.917 bits per heavy atom. The molecule has 5 heteroatoms. The number of nitrogens with zero attached hydrogens (tertiary/aromatic N) is 2. The Bertz CT molecular complexity index is 1090. The summed E-state index contributed by atoms with van der Waals surface area (Å²) in [6, 6.07) is 19.6. The van der Waals surface area contributed by atoms with Crippen molar-refractivity contribution in [1.29, 1.82) is 0 Å². The molecule has 1 amide bonds. The molecule has 190 valence electrons. The van der Waals surface area contributed by atoms with Crippen LogP contribution in [0.1, 0.15) is 81.8 Å². The summed E-state index contributed by atoms with van der Waals surface area (Å²) in [6.07, 6.45) is 14.0. The molecule has 0 saturated heterocycles. The molecule has 0 bridgehead atoms. The maximum Gasteiger partial charge on any atom is 0.268 e. The summed E-state index contributed by atoms with van der Waals surface area (Å²) >= 11 is 6.18. The lowest BCUT2D eigenvalue weighted by molar-refractivity contribution is -0.116. The predicted octanol–water partition coefficient (Wildman–Crippen LogP) is 6.87. The lowest BCUT2D eigenvalue weighted by atomic mass is 9.80. The first-order valence-electron chi connectivity index (χ1n) is 14.1. The Balaban J connectivity index is 1.29. The Kier molecular flexibility index (Phi) is 6.81. The average Bonchev–Trinajstić information content (AvgIpc) is 3.64. The largest absolute Gasteiger partial charge is 0.341 e. The summed E-state index contributed by atoms with van der Waals surface area (Å²) in [6.45, 7) is 0. The molecule has 36 heavy (non-hydrogen) atoms. The molecule has 1 heterocycles. The molecule has 3 atom stereocenters. The third-order valence-electron chi connectivity index (χ3n) is 9.14. The normalized spacial score (nSPS) is 27.6. The van der Waals surface area contributed by atoms with Crippen molar-refractivity contribution in [2.75, 3.05) is 0 Å². The Morgan fingerprint density at radius 3 is 2.33 bits per heavy atom. The van der Waals surface area contributed by atoms with Crippen LogP contribution in [0.5, 0.6) is 0 Å². The molecule has 2 aromatic rings. The fourth-order valence-electron chi connectivity index (χ4n) is 7.08. The van der Waals surface area contributed by atoms with Crippen molar-refractivity contribution in [1.82, 2.24) is 10.3 Å². The van der Waals surface area contributed by atoms with Gasteiger partial charge in [0.15, 0.2) is 0 Å². The Hall–Kier alpha value is -2.33. The van der Waals surface area contributed by atoms with Crippen molar-refractivity contribution in [3.05, 3.63) is 70.7 Å². The second-order valence-electron chi connectivity index (χ2n) is 11.5. The second-order valence-corrected chi connectivity index (χ2v) is 12.0. The number of hydrogen-bond acceptors (Lipinski definition) is 3. The summed E-state index contributed by atoms with van der Waals surface area (Å²) in [7, 11) is 0. The number of amides is 1. The van der Waals surface area contributed by atoms with E-state index < -0.39 is 0 Å². The SMILES string of the molecule is O=C(NC1(c2ccccc2)CC1)C1=NN(C2CCCCC2)C2C(Cc3ccc(Cl)cc3)CCCCC12. The summed E-state index contributed by atoms with van der Waals surface area (Å²) in [5.41, 5.74) is 3.16. The quantitative estimate of drug-likeness (QED) is 0.467. The molecule has 3 saturated carbocycles. The van der Waals surface area contributed by atoms with Crippen LogP contribution in [0.4, 0.5) is 0 Å². The monoisotopic (exact) mass is 503 g/mol. The van der Waals surface area contributed by atoms with Crippen LogP contribution in [-0.2, 0) is 16.8 Å². The number of benzene rings is 2. The minimum absolute atomic E-state index is 0.0665. The van der Waals surface area contributed by atoms with Crippen molar-refractivity contribution >= 4 is 23.2 Å². The van der Waals surface area contributed by atoms with Gasteiger partial charge in [-0.05, 0) is 74.1 Å². The minimum Gasteiger partial charge on any atom is -0.341 e. The number of hydrogen-bond donors (Lipinski definition) is 1. The maximum absolute atomic E-state index is 13.9. The van der Waals surface area contributed by atoms with E-state index in [1.165, 1.54) is 62.5 Å². The van der Waals surface area contributed by atoms with Gasteiger partial charge in [-0.2, -0.15) is 5.10 Å². The van der Waals surface area contributed by atoms with Gasteiger partial charge in [-0.15, -0.1) is 0 Å². The van der Waals surface area contributed by atoms with Gasteiger partial charge >= 0.3 is 0 Å². The molecule has 4 nitrogen and oxygen atoms in total. The first kappa shape index (κ1) is 24.0. The number of fused-ring (bicyclic) bond motifs is 1. The van der Waals surface area contributed by atoms with Crippen LogP contribution in [-0.4, -0.2) is 28.7 Å². The van der Waals surface area contributed by atoms with Gasteiger partial charge in [0.05, 0.1) is 11.6 Å². The van der Waals surface area contributed by atoms with Crippen LogP contribution in [0.15, 0.2) is 59.7 Å². The van der Waals surface area contributed by atoms with Gasteiger partial charge in [0.1, 0.15) is 5.71 Å². The van der Waals surface area contributed by atoms with Crippen LogP contribution in [0.25, 0.3) is 0 Å². The van der Waals surface area contributed by atoms with E-state index in [0.717, 1.165) is 36.4 Å². The van der Waals surface area contributed by atoms with Gasteiger partial charge in [0.25, 0.3) is 5.91 Å². The van der Waals surface area contributed by atoms with Gasteiger partial charge < -0.3 is 5.32 Å². The van der Waals surface area contributed by atoms with E-state index in [-0.39, 0.29) is 17.4 Å². The van der Waals surface area contributed by atoms with E-state index in [1.54, 1.807) is 0 Å². The van der Waals surface area contributed by atoms with E-state index in [2.05, 4.69) is 46.7 Å². The standard InChI is InChI=1S/C31H38ClN3O/c32-25-17-15-22(16-18-25)21-23-9-7-8-14-27-28(34-35(29(23)27)26-12-5-2-6-13-26)30(36)33-31(19-20-31)24-10-3-1-4-11-24/h1,3-4,10-11,15-18,23,26-27,29H,2,5-9,12-14,19-21H2,(H,33,36). The lowest BCUT2D eigenvalue weighted by Crippen LogP contribution is -2.47. The first-order valence-corrected chi connectivity index (χ1v) is 14.5. The van der Waals surface area contributed by atoms with E-state index in [9.17, 15) is 4.79 Å². The molecule has 0 spiro atoms. The van der Waals surface area contributed by atoms with Gasteiger partial charge in [-0.25, -0.2) is 0 Å². The van der Waals surface area contributed by atoms with E-state index in [0.29, 0.717) is 18.0 Å². The smallest absolute Gasteiger partial charge is 0.268 e. The maximum atomic E-state index is 13.9. The molecule has 1 N–H and O–H groups in total. The molecule has 2 aromatic carbocycles. The molecular formula is C31H38ClN3O. The zero-order valence-corrected chi connectivity index (χ0v) is 21.9. The van der Waals surface area contributed by atoms with Crippen molar-refractivity contribution in [2.24, 2.45) is 16.9 Å². The van der Waals surface area contributed by atoms with E-state index in [1.807, 2.05) is 18.2 Å². The third kappa shape index (κ3) is 4.81. The van der Waals surface area contributed by atoms with Gasteiger partial charge in [-0.3, -0.25) is 9.80 Å². The molecular weight excluding hydrogens is 466 g/mol. The molecule has 6 rings (SSSR count). The van der Waals surface area contributed by atoms with Crippen molar-refractivity contribution in [2.45, 2.75) is 94.7 Å². The van der Waals surface area contributed by atoms with Crippen molar-refractivity contribution in [3.63, 3.8) is 0 Å². The van der Waals surface area contributed by atoms with Crippen molar-refractivity contribution in [3.8, 4) is 0 Å². The Labute approximate surface area is 220 Å². The molecule has 0 radical (unpaired) electrons. The summed E-state index contributed by atoms with van der Waals surface area (Å²) in [5.74, 6) is 0.786.